The van der Waals surface area contributed by atoms with Gasteiger partial charge in [-0.1, -0.05) is 26.0 Å². The lowest BCUT2D eigenvalue weighted by molar-refractivity contribution is 0.102. The quantitative estimate of drug-likeness (QED) is 0.839. The van der Waals surface area contributed by atoms with Gasteiger partial charge in [0.25, 0.3) is 5.91 Å². The average molecular weight is 333 g/mol. The average Bonchev–Trinajstić information content (AvgIpc) is 2.43. The molecule has 0 aliphatic rings. The molecule has 1 N–H and O–H groups in total. The third kappa shape index (κ3) is 3.45. The molecule has 20 heavy (non-hydrogen) atoms. The Morgan fingerprint density at radius 1 is 1.25 bits per heavy atom. The fraction of sp³-hybridized carbons (Fsp3) is 0.250. The number of nitrogens with one attached hydrogen (secondary N) is 1. The molecule has 0 unspecified atom stereocenters. The molecular formula is C16H17BrN2O. The second-order valence-electron chi connectivity index (χ2n) is 5.06. The van der Waals surface area contributed by atoms with E-state index in [1.165, 1.54) is 5.56 Å². The Morgan fingerprint density at radius 2 is 1.90 bits per heavy atom. The first-order valence-corrected chi connectivity index (χ1v) is 7.30. The van der Waals surface area contributed by atoms with E-state index in [-0.39, 0.29) is 5.91 Å². The van der Waals surface area contributed by atoms with Gasteiger partial charge in [0.2, 0.25) is 0 Å². The van der Waals surface area contributed by atoms with Gasteiger partial charge in [-0.15, -0.1) is 0 Å². The molecule has 2 aromatic rings. The van der Waals surface area contributed by atoms with Crippen molar-refractivity contribution in [2.75, 3.05) is 5.32 Å². The van der Waals surface area contributed by atoms with E-state index in [4.69, 9.17) is 0 Å². The first-order chi connectivity index (χ1) is 9.47. The summed E-state index contributed by atoms with van der Waals surface area (Å²) in [6.45, 7) is 6.20. The number of nitrogens with zero attached hydrogens (tertiary/aromatic N) is 1. The lowest BCUT2D eigenvalue weighted by atomic mass is 10.0. The number of amides is 1. The molecule has 0 fully saturated rings. The van der Waals surface area contributed by atoms with Gasteiger partial charge in [0, 0.05) is 5.56 Å². The van der Waals surface area contributed by atoms with Crippen LogP contribution in [0.2, 0.25) is 0 Å². The van der Waals surface area contributed by atoms with Crippen molar-refractivity contribution >= 4 is 27.5 Å². The Kier molecular flexibility index (Phi) is 4.55. The topological polar surface area (TPSA) is 42.0 Å². The van der Waals surface area contributed by atoms with Gasteiger partial charge in [0.05, 0.1) is 11.9 Å². The van der Waals surface area contributed by atoms with Crippen molar-refractivity contribution in [1.29, 1.82) is 0 Å². The van der Waals surface area contributed by atoms with Crippen molar-refractivity contribution in [2.45, 2.75) is 26.7 Å². The van der Waals surface area contributed by atoms with Crippen molar-refractivity contribution < 1.29 is 4.79 Å². The molecule has 1 aromatic heterocycles. The van der Waals surface area contributed by atoms with Crippen LogP contribution in [0.3, 0.4) is 0 Å². The zero-order valence-electron chi connectivity index (χ0n) is 11.8. The molecule has 104 valence electrons. The number of hydrogen-bond acceptors (Lipinski definition) is 2. The van der Waals surface area contributed by atoms with Crippen molar-refractivity contribution in [3.63, 3.8) is 0 Å². The van der Waals surface area contributed by atoms with E-state index in [2.05, 4.69) is 40.1 Å². The van der Waals surface area contributed by atoms with E-state index in [0.29, 0.717) is 17.2 Å². The monoisotopic (exact) mass is 332 g/mol. The van der Waals surface area contributed by atoms with Crippen LogP contribution in [-0.4, -0.2) is 10.9 Å². The summed E-state index contributed by atoms with van der Waals surface area (Å²) in [7, 11) is 0. The molecule has 1 aromatic carbocycles. The van der Waals surface area contributed by atoms with E-state index in [1.54, 1.807) is 6.20 Å². The van der Waals surface area contributed by atoms with Crippen LogP contribution in [0.1, 0.15) is 41.3 Å². The maximum atomic E-state index is 12.1. The first kappa shape index (κ1) is 14.7. The predicted octanol–water partition coefficient (Wildman–Crippen LogP) is 4.53. The van der Waals surface area contributed by atoms with Crippen molar-refractivity contribution in [3.8, 4) is 0 Å². The molecule has 0 bridgehead atoms. The molecule has 2 rings (SSSR count). The van der Waals surface area contributed by atoms with Crippen LogP contribution in [0.4, 0.5) is 5.69 Å². The van der Waals surface area contributed by atoms with Gasteiger partial charge in [-0.2, -0.15) is 0 Å². The highest BCUT2D eigenvalue weighted by Crippen LogP contribution is 2.18. The van der Waals surface area contributed by atoms with Gasteiger partial charge >= 0.3 is 0 Å². The van der Waals surface area contributed by atoms with Crippen LogP contribution in [-0.2, 0) is 0 Å². The number of carbonyl (C=O) groups is 1. The lowest BCUT2D eigenvalue weighted by Gasteiger charge is -2.08. The molecule has 0 spiro atoms. The SMILES string of the molecule is Cc1cc(NC(=O)c2ccc(C(C)C)cc2)cnc1Br. The summed E-state index contributed by atoms with van der Waals surface area (Å²) in [5.74, 6) is 0.342. The van der Waals surface area contributed by atoms with Crippen LogP contribution in [0.5, 0.6) is 0 Å². The maximum absolute atomic E-state index is 12.1. The third-order valence-corrected chi connectivity index (χ3v) is 3.94. The number of benzene rings is 1. The Morgan fingerprint density at radius 3 is 2.45 bits per heavy atom. The number of carbonyl (C=O) groups excluding carboxylic acids is 1. The van der Waals surface area contributed by atoms with Crippen LogP contribution in [0.15, 0.2) is 41.1 Å². The smallest absolute Gasteiger partial charge is 0.255 e. The number of pyridine rings is 1. The van der Waals surface area contributed by atoms with Gasteiger partial charge in [-0.3, -0.25) is 4.79 Å². The largest absolute Gasteiger partial charge is 0.321 e. The van der Waals surface area contributed by atoms with Gasteiger partial charge in [0.1, 0.15) is 4.60 Å². The van der Waals surface area contributed by atoms with Crippen molar-refractivity contribution in [2.24, 2.45) is 0 Å². The summed E-state index contributed by atoms with van der Waals surface area (Å²) >= 11 is 3.34. The zero-order chi connectivity index (χ0) is 14.7. The van der Waals surface area contributed by atoms with Crippen LogP contribution >= 0.6 is 15.9 Å². The fourth-order valence-electron chi connectivity index (χ4n) is 1.85. The molecule has 3 nitrogen and oxygen atoms in total. The molecule has 0 aliphatic heterocycles. The minimum Gasteiger partial charge on any atom is -0.321 e. The number of aryl methyl sites for hydroxylation is 1. The van der Waals surface area contributed by atoms with Crippen molar-refractivity contribution in [3.05, 3.63) is 57.8 Å². The number of halogens is 1. The second kappa shape index (κ2) is 6.18. The Labute approximate surface area is 127 Å². The van der Waals surface area contributed by atoms with Crippen LogP contribution in [0.25, 0.3) is 0 Å². The molecule has 0 radical (unpaired) electrons. The van der Waals surface area contributed by atoms with Crippen LogP contribution < -0.4 is 5.32 Å². The number of aromatic nitrogens is 1. The van der Waals surface area contributed by atoms with Crippen molar-refractivity contribution in [1.82, 2.24) is 4.98 Å². The Bertz CT molecular complexity index is 621. The number of rotatable bonds is 3. The summed E-state index contributed by atoms with van der Waals surface area (Å²) in [5.41, 5.74) is 3.55. The molecule has 0 aliphatic carbocycles. The number of hydrogen-bond donors (Lipinski definition) is 1. The molecule has 0 saturated heterocycles. The van der Waals surface area contributed by atoms with Gasteiger partial charge in [0.15, 0.2) is 0 Å². The molecule has 1 heterocycles. The Balaban J connectivity index is 2.13. The van der Waals surface area contributed by atoms with E-state index < -0.39 is 0 Å². The highest BCUT2D eigenvalue weighted by atomic mass is 79.9. The Hall–Kier alpha value is -1.68. The fourth-order valence-corrected chi connectivity index (χ4v) is 2.07. The third-order valence-electron chi connectivity index (χ3n) is 3.11. The summed E-state index contributed by atoms with van der Waals surface area (Å²) in [6, 6.07) is 9.57. The lowest BCUT2D eigenvalue weighted by Crippen LogP contribution is -2.12. The minimum absolute atomic E-state index is 0.121. The summed E-state index contributed by atoms with van der Waals surface area (Å²) in [4.78, 5) is 16.3. The van der Waals surface area contributed by atoms with Gasteiger partial charge < -0.3 is 5.32 Å². The molecule has 0 saturated carbocycles. The van der Waals surface area contributed by atoms with E-state index in [9.17, 15) is 4.79 Å². The summed E-state index contributed by atoms with van der Waals surface area (Å²) in [5, 5.41) is 2.85. The van der Waals surface area contributed by atoms with E-state index in [0.717, 1.165) is 10.2 Å². The second-order valence-corrected chi connectivity index (χ2v) is 5.81. The maximum Gasteiger partial charge on any atom is 0.255 e. The highest BCUT2D eigenvalue weighted by molar-refractivity contribution is 9.10. The van der Waals surface area contributed by atoms with E-state index >= 15 is 0 Å². The van der Waals surface area contributed by atoms with Crippen LogP contribution in [0, 0.1) is 6.92 Å². The summed E-state index contributed by atoms with van der Waals surface area (Å²) in [6.07, 6.45) is 1.64. The molecular weight excluding hydrogens is 316 g/mol. The first-order valence-electron chi connectivity index (χ1n) is 6.51. The van der Waals surface area contributed by atoms with E-state index in [1.807, 2.05) is 37.3 Å². The standard InChI is InChI=1S/C16H17BrN2O/c1-10(2)12-4-6-13(7-5-12)16(20)19-14-8-11(3)15(17)18-9-14/h4-10H,1-3H3,(H,19,20). The van der Waals surface area contributed by atoms with Gasteiger partial charge in [-0.25, -0.2) is 4.98 Å². The highest BCUT2D eigenvalue weighted by Gasteiger charge is 2.08. The summed E-state index contributed by atoms with van der Waals surface area (Å²) < 4.78 is 0.789. The molecule has 1 amide bonds. The van der Waals surface area contributed by atoms with Gasteiger partial charge in [-0.05, 0) is 58.1 Å². The normalized spacial score (nSPS) is 10.7. The predicted molar refractivity (Wildman–Crippen MR) is 85.2 cm³/mol. The minimum atomic E-state index is -0.121. The molecule has 0 atom stereocenters. The molecule has 4 heteroatoms. The number of anilines is 1. The zero-order valence-corrected chi connectivity index (χ0v) is 13.4.